The Morgan fingerprint density at radius 2 is 2.12 bits per heavy atom. The SMILES string of the molecule is O=C(COc1ccc(OC(F)(F)F)cc1Cl)Nc1ccc2nc(N3CC4CC3CN4)ncc2c1. The molecule has 2 aromatic carbocycles. The Balaban J connectivity index is 1.19. The van der Waals surface area contributed by atoms with Crippen LogP contribution in [-0.2, 0) is 4.79 Å². The Hall–Kier alpha value is -3.31. The number of fused-ring (bicyclic) bond motifs is 3. The molecule has 2 aliphatic rings. The molecular weight excluding hydrogens is 475 g/mol. The number of rotatable bonds is 6. The van der Waals surface area contributed by atoms with E-state index >= 15 is 0 Å². The molecule has 12 heteroatoms. The maximum Gasteiger partial charge on any atom is 0.573 e. The summed E-state index contributed by atoms with van der Waals surface area (Å²) in [7, 11) is 0. The molecule has 1 aromatic heterocycles. The minimum atomic E-state index is -4.83. The molecule has 2 unspecified atom stereocenters. The van der Waals surface area contributed by atoms with Crippen molar-refractivity contribution < 1.29 is 27.4 Å². The van der Waals surface area contributed by atoms with E-state index in [1.165, 1.54) is 6.07 Å². The molecule has 2 bridgehead atoms. The van der Waals surface area contributed by atoms with E-state index in [-0.39, 0.29) is 10.8 Å². The van der Waals surface area contributed by atoms with E-state index in [1.54, 1.807) is 24.4 Å². The number of hydrogen-bond acceptors (Lipinski definition) is 7. The molecule has 0 saturated carbocycles. The molecule has 1 amide bonds. The van der Waals surface area contributed by atoms with Crippen molar-refractivity contribution in [2.45, 2.75) is 24.9 Å². The van der Waals surface area contributed by atoms with E-state index in [0.29, 0.717) is 23.7 Å². The van der Waals surface area contributed by atoms with Gasteiger partial charge in [0.05, 0.1) is 10.5 Å². The highest BCUT2D eigenvalue weighted by molar-refractivity contribution is 6.32. The van der Waals surface area contributed by atoms with Crippen molar-refractivity contribution in [2.24, 2.45) is 0 Å². The van der Waals surface area contributed by atoms with Crippen LogP contribution in [-0.4, -0.2) is 54.0 Å². The van der Waals surface area contributed by atoms with Crippen LogP contribution in [0, 0.1) is 0 Å². The van der Waals surface area contributed by atoms with Crippen LogP contribution in [0.1, 0.15) is 6.42 Å². The number of nitrogens with one attached hydrogen (secondary N) is 2. The second-order valence-electron chi connectivity index (χ2n) is 8.07. The standard InChI is InChI=1S/C22H19ClF3N5O3/c23-17-7-16(34-22(24,25)26)2-4-19(17)33-11-20(32)29-13-1-3-18-12(5-13)8-28-21(30-18)31-10-14-6-15(31)9-27-14/h1-5,7-8,14-15,27H,6,9-11H2,(H,29,32). The highest BCUT2D eigenvalue weighted by Crippen LogP contribution is 2.32. The fourth-order valence-electron chi connectivity index (χ4n) is 4.18. The molecule has 34 heavy (non-hydrogen) atoms. The van der Waals surface area contributed by atoms with Crippen LogP contribution in [0.25, 0.3) is 10.9 Å². The van der Waals surface area contributed by atoms with Crippen molar-refractivity contribution in [3.8, 4) is 11.5 Å². The molecule has 0 aliphatic carbocycles. The molecule has 2 fully saturated rings. The van der Waals surface area contributed by atoms with Gasteiger partial charge >= 0.3 is 6.36 Å². The Labute approximate surface area is 197 Å². The number of nitrogens with zero attached hydrogens (tertiary/aromatic N) is 3. The topological polar surface area (TPSA) is 88.6 Å². The zero-order valence-electron chi connectivity index (χ0n) is 17.6. The van der Waals surface area contributed by atoms with Gasteiger partial charge in [0.25, 0.3) is 5.91 Å². The zero-order chi connectivity index (χ0) is 23.9. The van der Waals surface area contributed by atoms with Gasteiger partial charge in [-0.15, -0.1) is 13.2 Å². The number of amides is 1. The summed E-state index contributed by atoms with van der Waals surface area (Å²) in [6, 6.07) is 9.41. The summed E-state index contributed by atoms with van der Waals surface area (Å²) >= 11 is 5.92. The maximum absolute atomic E-state index is 12.3. The molecule has 3 heterocycles. The highest BCUT2D eigenvalue weighted by atomic mass is 35.5. The molecule has 178 valence electrons. The predicted octanol–water partition coefficient (Wildman–Crippen LogP) is 3.75. The molecule has 5 rings (SSSR count). The van der Waals surface area contributed by atoms with Crippen LogP contribution < -0.4 is 25.0 Å². The fraction of sp³-hybridized carbons (Fsp3) is 0.318. The Bertz CT molecular complexity index is 1240. The number of aromatic nitrogens is 2. The normalized spacial score (nSPS) is 19.5. The van der Waals surface area contributed by atoms with Crippen LogP contribution in [0.2, 0.25) is 5.02 Å². The van der Waals surface area contributed by atoms with E-state index in [9.17, 15) is 18.0 Å². The molecule has 0 spiro atoms. The number of piperazine rings is 1. The monoisotopic (exact) mass is 493 g/mol. The number of benzene rings is 2. The van der Waals surface area contributed by atoms with Gasteiger partial charge in [-0.05, 0) is 36.8 Å². The second kappa shape index (κ2) is 8.80. The first kappa shape index (κ1) is 22.5. The Morgan fingerprint density at radius 1 is 1.26 bits per heavy atom. The van der Waals surface area contributed by atoms with Crippen molar-refractivity contribution in [3.63, 3.8) is 0 Å². The van der Waals surface area contributed by atoms with Gasteiger partial charge in [0.2, 0.25) is 5.95 Å². The number of carbonyl (C=O) groups is 1. The third-order valence-electron chi connectivity index (χ3n) is 5.66. The lowest BCUT2D eigenvalue weighted by Gasteiger charge is -2.27. The van der Waals surface area contributed by atoms with Crippen LogP contribution in [0.5, 0.6) is 11.5 Å². The molecule has 2 saturated heterocycles. The summed E-state index contributed by atoms with van der Waals surface area (Å²) in [6.45, 7) is 1.44. The van der Waals surface area contributed by atoms with Gasteiger partial charge in [0.15, 0.2) is 6.61 Å². The van der Waals surface area contributed by atoms with Gasteiger partial charge in [0.1, 0.15) is 11.5 Å². The Morgan fingerprint density at radius 3 is 2.82 bits per heavy atom. The van der Waals surface area contributed by atoms with E-state index in [1.807, 2.05) is 0 Å². The maximum atomic E-state index is 12.3. The largest absolute Gasteiger partial charge is 0.573 e. The number of hydrogen-bond donors (Lipinski definition) is 2. The number of halogens is 4. The third kappa shape index (κ3) is 4.95. The fourth-order valence-corrected chi connectivity index (χ4v) is 4.41. The van der Waals surface area contributed by atoms with Gasteiger partial charge in [-0.2, -0.15) is 0 Å². The number of anilines is 2. The summed E-state index contributed by atoms with van der Waals surface area (Å²) in [6.07, 6.45) is -2.00. The van der Waals surface area contributed by atoms with E-state index in [2.05, 4.69) is 30.2 Å². The second-order valence-corrected chi connectivity index (χ2v) is 8.47. The lowest BCUT2D eigenvalue weighted by molar-refractivity contribution is -0.274. The van der Waals surface area contributed by atoms with E-state index < -0.39 is 24.6 Å². The van der Waals surface area contributed by atoms with Crippen LogP contribution in [0.3, 0.4) is 0 Å². The lowest BCUT2D eigenvalue weighted by Crippen LogP contribution is -2.44. The van der Waals surface area contributed by atoms with Gasteiger partial charge in [-0.1, -0.05) is 11.6 Å². The van der Waals surface area contributed by atoms with E-state index in [0.717, 1.165) is 42.5 Å². The molecule has 0 radical (unpaired) electrons. The summed E-state index contributed by atoms with van der Waals surface area (Å²) in [5, 5.41) is 6.81. The average molecular weight is 494 g/mol. The minimum Gasteiger partial charge on any atom is -0.482 e. The summed E-state index contributed by atoms with van der Waals surface area (Å²) < 4.78 is 46.0. The smallest absolute Gasteiger partial charge is 0.482 e. The van der Waals surface area contributed by atoms with Gasteiger partial charge in [0, 0.05) is 48.5 Å². The zero-order valence-corrected chi connectivity index (χ0v) is 18.4. The molecular formula is C22H19ClF3N5O3. The van der Waals surface area contributed by atoms with Crippen molar-refractivity contribution in [1.29, 1.82) is 0 Å². The Kier molecular flexibility index (Phi) is 5.82. The molecule has 2 aliphatic heterocycles. The number of alkyl halides is 3. The van der Waals surface area contributed by atoms with Crippen molar-refractivity contribution in [1.82, 2.24) is 15.3 Å². The molecule has 8 nitrogen and oxygen atoms in total. The van der Waals surface area contributed by atoms with Crippen molar-refractivity contribution in [2.75, 3.05) is 29.9 Å². The first-order chi connectivity index (χ1) is 16.2. The lowest BCUT2D eigenvalue weighted by atomic mass is 10.2. The molecule has 2 N–H and O–H groups in total. The third-order valence-corrected chi connectivity index (χ3v) is 5.96. The average Bonchev–Trinajstić information content (AvgIpc) is 3.41. The first-order valence-corrected chi connectivity index (χ1v) is 10.9. The highest BCUT2D eigenvalue weighted by Gasteiger charge is 2.38. The summed E-state index contributed by atoms with van der Waals surface area (Å²) in [4.78, 5) is 23.7. The minimum absolute atomic E-state index is 0.0524. The first-order valence-electron chi connectivity index (χ1n) is 10.5. The van der Waals surface area contributed by atoms with Gasteiger partial charge in [-0.25, -0.2) is 9.97 Å². The number of ether oxygens (including phenoxy) is 2. The quantitative estimate of drug-likeness (QED) is 0.540. The van der Waals surface area contributed by atoms with Crippen LogP contribution in [0.15, 0.2) is 42.6 Å². The summed E-state index contributed by atoms with van der Waals surface area (Å²) in [5.41, 5.74) is 1.30. The number of carbonyl (C=O) groups excluding carboxylic acids is 1. The van der Waals surface area contributed by atoms with Crippen LogP contribution >= 0.6 is 11.6 Å². The molecule has 2 atom stereocenters. The molecule has 3 aromatic rings. The predicted molar refractivity (Wildman–Crippen MR) is 119 cm³/mol. The van der Waals surface area contributed by atoms with Gasteiger partial charge < -0.3 is 25.0 Å². The van der Waals surface area contributed by atoms with E-state index in [4.69, 9.17) is 16.3 Å². The summed E-state index contributed by atoms with van der Waals surface area (Å²) in [5.74, 6) is -0.194. The van der Waals surface area contributed by atoms with Gasteiger partial charge in [-0.3, -0.25) is 4.79 Å². The van der Waals surface area contributed by atoms with Crippen LogP contribution in [0.4, 0.5) is 24.8 Å². The van der Waals surface area contributed by atoms with Crippen molar-refractivity contribution in [3.05, 3.63) is 47.6 Å². The van der Waals surface area contributed by atoms with Crippen molar-refractivity contribution >= 4 is 40.0 Å².